The minimum atomic E-state index is -0.852. The van der Waals surface area contributed by atoms with Gasteiger partial charge in [-0.15, -0.1) is 11.3 Å². The number of hydrogen-bond acceptors (Lipinski definition) is 6. The van der Waals surface area contributed by atoms with Gasteiger partial charge in [0, 0.05) is 23.8 Å². The molecular formula is C18H9F2N3O3S. The maximum Gasteiger partial charge on any atom is 0.269 e. The Hall–Kier alpha value is -3.46. The zero-order valence-electron chi connectivity index (χ0n) is 13.4. The largest absolute Gasteiger partial charge is 0.434 e. The van der Waals surface area contributed by atoms with Crippen molar-refractivity contribution in [1.82, 2.24) is 9.97 Å². The molecule has 2 aromatic heterocycles. The van der Waals surface area contributed by atoms with Crippen molar-refractivity contribution < 1.29 is 18.4 Å². The van der Waals surface area contributed by atoms with Crippen molar-refractivity contribution in [2.24, 2.45) is 0 Å². The number of nitro groups is 1. The van der Waals surface area contributed by atoms with Gasteiger partial charge >= 0.3 is 0 Å². The van der Waals surface area contributed by atoms with E-state index in [2.05, 4.69) is 9.97 Å². The lowest BCUT2D eigenvalue weighted by Gasteiger charge is -2.09. The van der Waals surface area contributed by atoms with Gasteiger partial charge in [-0.25, -0.2) is 13.8 Å². The third-order valence-electron chi connectivity index (χ3n) is 3.71. The van der Waals surface area contributed by atoms with Crippen molar-refractivity contribution in [2.45, 2.75) is 0 Å². The molecule has 2 aromatic carbocycles. The van der Waals surface area contributed by atoms with Crippen LogP contribution in [0.3, 0.4) is 0 Å². The summed E-state index contributed by atoms with van der Waals surface area (Å²) in [6, 6.07) is 10.5. The third kappa shape index (κ3) is 3.32. The summed E-state index contributed by atoms with van der Waals surface area (Å²) in [5, 5.41) is 12.6. The number of non-ortho nitro benzene ring substituents is 1. The first-order valence-electron chi connectivity index (χ1n) is 7.64. The highest BCUT2D eigenvalue weighted by molar-refractivity contribution is 7.17. The standard InChI is InChI=1S/C18H9F2N3O3S/c19-11-3-6-15(13(20)9-11)26-18-16-14(7-8-27-16)21-17(22-18)10-1-4-12(5-2-10)23(24)25/h1-9H. The monoisotopic (exact) mass is 385 g/mol. The zero-order valence-corrected chi connectivity index (χ0v) is 14.2. The highest BCUT2D eigenvalue weighted by Crippen LogP contribution is 2.34. The average Bonchev–Trinajstić information content (AvgIpc) is 3.13. The second-order valence-electron chi connectivity index (χ2n) is 5.47. The lowest BCUT2D eigenvalue weighted by Crippen LogP contribution is -1.96. The first-order chi connectivity index (χ1) is 13.0. The van der Waals surface area contributed by atoms with Crippen LogP contribution in [0.25, 0.3) is 21.6 Å². The van der Waals surface area contributed by atoms with Gasteiger partial charge in [0.15, 0.2) is 17.4 Å². The van der Waals surface area contributed by atoms with Gasteiger partial charge in [-0.3, -0.25) is 10.1 Å². The second kappa shape index (κ2) is 6.69. The van der Waals surface area contributed by atoms with Crippen molar-refractivity contribution >= 4 is 27.2 Å². The van der Waals surface area contributed by atoms with Gasteiger partial charge in [-0.1, -0.05) is 0 Å². The van der Waals surface area contributed by atoms with Gasteiger partial charge < -0.3 is 4.74 Å². The Bertz CT molecular complexity index is 1160. The van der Waals surface area contributed by atoms with Gasteiger partial charge in [0.2, 0.25) is 5.88 Å². The topological polar surface area (TPSA) is 78.2 Å². The van der Waals surface area contributed by atoms with E-state index in [4.69, 9.17) is 4.74 Å². The van der Waals surface area contributed by atoms with E-state index in [0.29, 0.717) is 15.8 Å². The van der Waals surface area contributed by atoms with Crippen LogP contribution in [0.15, 0.2) is 53.9 Å². The quantitative estimate of drug-likeness (QED) is 0.350. The van der Waals surface area contributed by atoms with Crippen molar-refractivity contribution in [3.05, 3.63) is 75.7 Å². The Morgan fingerprint density at radius 3 is 2.52 bits per heavy atom. The molecular weight excluding hydrogens is 376 g/mol. The molecule has 0 unspecified atom stereocenters. The smallest absolute Gasteiger partial charge is 0.269 e. The number of fused-ring (bicyclic) bond motifs is 1. The number of nitro benzene ring substituents is 1. The number of rotatable bonds is 4. The second-order valence-corrected chi connectivity index (χ2v) is 6.38. The lowest BCUT2D eigenvalue weighted by atomic mass is 10.2. The molecule has 0 saturated heterocycles. The van der Waals surface area contributed by atoms with E-state index >= 15 is 0 Å². The van der Waals surface area contributed by atoms with Crippen LogP contribution in [0.4, 0.5) is 14.5 Å². The number of ether oxygens (including phenoxy) is 1. The Balaban J connectivity index is 1.78. The van der Waals surface area contributed by atoms with Crippen LogP contribution in [0, 0.1) is 21.7 Å². The predicted molar refractivity (Wildman–Crippen MR) is 95.9 cm³/mol. The van der Waals surface area contributed by atoms with Gasteiger partial charge in [-0.2, -0.15) is 4.98 Å². The Kier molecular flexibility index (Phi) is 4.21. The number of halogens is 2. The zero-order chi connectivity index (χ0) is 19.0. The summed E-state index contributed by atoms with van der Waals surface area (Å²) >= 11 is 1.32. The molecule has 0 bridgehead atoms. The molecule has 0 N–H and O–H groups in total. The van der Waals surface area contributed by atoms with Crippen LogP contribution in [-0.4, -0.2) is 14.9 Å². The molecule has 2 heterocycles. The van der Waals surface area contributed by atoms with Gasteiger partial charge in [0.25, 0.3) is 5.69 Å². The fourth-order valence-electron chi connectivity index (χ4n) is 2.43. The molecule has 0 spiro atoms. The highest BCUT2D eigenvalue weighted by atomic mass is 32.1. The highest BCUT2D eigenvalue weighted by Gasteiger charge is 2.15. The van der Waals surface area contributed by atoms with Crippen LogP contribution in [0.1, 0.15) is 0 Å². The molecule has 6 nitrogen and oxygen atoms in total. The van der Waals surface area contributed by atoms with Gasteiger partial charge in [-0.05, 0) is 35.7 Å². The molecule has 0 amide bonds. The summed E-state index contributed by atoms with van der Waals surface area (Å²) in [7, 11) is 0. The number of thiophene rings is 1. The third-order valence-corrected chi connectivity index (χ3v) is 4.60. The molecule has 27 heavy (non-hydrogen) atoms. The van der Waals surface area contributed by atoms with E-state index in [0.717, 1.165) is 12.1 Å². The van der Waals surface area contributed by atoms with E-state index in [9.17, 15) is 18.9 Å². The molecule has 0 aliphatic rings. The first-order valence-corrected chi connectivity index (χ1v) is 8.52. The van der Waals surface area contributed by atoms with Crippen LogP contribution < -0.4 is 4.74 Å². The van der Waals surface area contributed by atoms with Crippen LogP contribution in [0.5, 0.6) is 11.6 Å². The number of hydrogen-bond donors (Lipinski definition) is 0. The normalized spacial score (nSPS) is 10.9. The van der Waals surface area contributed by atoms with Crippen molar-refractivity contribution in [1.29, 1.82) is 0 Å². The van der Waals surface area contributed by atoms with E-state index in [1.807, 2.05) is 0 Å². The van der Waals surface area contributed by atoms with Gasteiger partial charge in [0.1, 0.15) is 10.5 Å². The Morgan fingerprint density at radius 2 is 1.81 bits per heavy atom. The first kappa shape index (κ1) is 17.0. The lowest BCUT2D eigenvalue weighted by molar-refractivity contribution is -0.384. The summed E-state index contributed by atoms with van der Waals surface area (Å²) in [6.45, 7) is 0. The number of aromatic nitrogens is 2. The number of nitrogens with zero attached hydrogens (tertiary/aromatic N) is 3. The number of benzene rings is 2. The molecule has 9 heteroatoms. The summed E-state index contributed by atoms with van der Waals surface area (Å²) in [5.74, 6) is -1.34. The average molecular weight is 385 g/mol. The van der Waals surface area contributed by atoms with Crippen molar-refractivity contribution in [3.8, 4) is 23.0 Å². The fourth-order valence-corrected chi connectivity index (χ4v) is 3.18. The van der Waals surface area contributed by atoms with E-state index in [1.54, 1.807) is 11.4 Å². The molecule has 0 saturated carbocycles. The van der Waals surface area contributed by atoms with Crippen LogP contribution in [-0.2, 0) is 0 Å². The molecule has 0 aliphatic heterocycles. The summed E-state index contributed by atoms with van der Waals surface area (Å²) in [4.78, 5) is 19.0. The predicted octanol–water partition coefficient (Wildman–Crippen LogP) is 5.34. The van der Waals surface area contributed by atoms with Crippen LogP contribution >= 0.6 is 11.3 Å². The van der Waals surface area contributed by atoms with E-state index in [-0.39, 0.29) is 23.1 Å². The SMILES string of the molecule is O=[N+]([O-])c1ccc(-c2nc(Oc3ccc(F)cc3F)c3sccc3n2)cc1. The summed E-state index contributed by atoms with van der Waals surface area (Å²) < 4.78 is 33.2. The fraction of sp³-hybridized carbons (Fsp3) is 0. The van der Waals surface area contributed by atoms with Crippen molar-refractivity contribution in [2.75, 3.05) is 0 Å². The maximum atomic E-state index is 13.9. The molecule has 0 fully saturated rings. The molecule has 0 radical (unpaired) electrons. The summed E-state index contributed by atoms with van der Waals surface area (Å²) in [5.41, 5.74) is 1.07. The van der Waals surface area contributed by atoms with Gasteiger partial charge in [0.05, 0.1) is 10.4 Å². The molecule has 4 rings (SSSR count). The van der Waals surface area contributed by atoms with Crippen molar-refractivity contribution in [3.63, 3.8) is 0 Å². The van der Waals surface area contributed by atoms with E-state index in [1.165, 1.54) is 41.7 Å². The molecule has 0 aliphatic carbocycles. The van der Waals surface area contributed by atoms with Crippen LogP contribution in [0.2, 0.25) is 0 Å². The van der Waals surface area contributed by atoms with E-state index < -0.39 is 16.6 Å². The molecule has 0 atom stereocenters. The maximum absolute atomic E-state index is 13.9. The summed E-state index contributed by atoms with van der Waals surface area (Å²) in [6.07, 6.45) is 0. The Labute approximate surface area is 154 Å². The minimum absolute atomic E-state index is 0.0554. The Morgan fingerprint density at radius 1 is 1.04 bits per heavy atom. The minimum Gasteiger partial charge on any atom is -0.434 e. The molecule has 134 valence electrons. The molecule has 4 aromatic rings.